The molecule has 0 saturated heterocycles. The first-order valence-corrected chi connectivity index (χ1v) is 7.00. The summed E-state index contributed by atoms with van der Waals surface area (Å²) in [4.78, 5) is 0. The van der Waals surface area contributed by atoms with Gasteiger partial charge in [0.15, 0.2) is 23.0 Å². The number of para-hydroxylation sites is 2. The highest BCUT2D eigenvalue weighted by atomic mass is 16.3. The Morgan fingerprint density at radius 1 is 0.636 bits per heavy atom. The molecule has 0 unspecified atom stereocenters. The first kappa shape index (κ1) is 15.9. The molecule has 0 aliphatic carbocycles. The number of aromatic hydroxyl groups is 4. The third kappa shape index (κ3) is 4.03. The van der Waals surface area contributed by atoms with Crippen molar-refractivity contribution in [2.24, 2.45) is 0 Å². The van der Waals surface area contributed by atoms with Gasteiger partial charge in [0.25, 0.3) is 0 Å². The molecule has 0 amide bonds. The minimum Gasteiger partial charge on any atom is -0.504 e. The van der Waals surface area contributed by atoms with Crippen LogP contribution in [0.25, 0.3) is 0 Å². The maximum absolute atomic E-state index is 9.65. The van der Waals surface area contributed by atoms with Crippen molar-refractivity contribution < 1.29 is 20.4 Å². The zero-order valence-corrected chi connectivity index (χ0v) is 12.1. The summed E-state index contributed by atoms with van der Waals surface area (Å²) in [7, 11) is 0. The van der Waals surface area contributed by atoms with E-state index in [1.807, 2.05) is 0 Å². The van der Waals surface area contributed by atoms with Crippen molar-refractivity contribution in [3.05, 3.63) is 47.5 Å². The number of hydrogen-bond acceptors (Lipinski definition) is 6. The molecule has 0 atom stereocenters. The summed E-state index contributed by atoms with van der Waals surface area (Å²) in [6.45, 7) is 2.18. The maximum atomic E-state index is 9.65. The van der Waals surface area contributed by atoms with Crippen LogP contribution in [-0.2, 0) is 13.1 Å². The fourth-order valence-corrected chi connectivity index (χ4v) is 2.06. The van der Waals surface area contributed by atoms with Gasteiger partial charge in [-0.3, -0.25) is 0 Å². The Morgan fingerprint density at radius 3 is 1.45 bits per heavy atom. The minimum absolute atomic E-state index is 0.104. The van der Waals surface area contributed by atoms with Gasteiger partial charge in [-0.25, -0.2) is 0 Å². The molecular weight excluding hydrogens is 284 g/mol. The van der Waals surface area contributed by atoms with Gasteiger partial charge in [-0.05, 0) is 12.1 Å². The van der Waals surface area contributed by atoms with Gasteiger partial charge in [0.2, 0.25) is 0 Å². The predicted octanol–water partition coefficient (Wildman–Crippen LogP) is 1.39. The molecule has 0 spiro atoms. The van der Waals surface area contributed by atoms with Crippen LogP contribution in [0.5, 0.6) is 23.0 Å². The highest BCUT2D eigenvalue weighted by molar-refractivity contribution is 5.44. The van der Waals surface area contributed by atoms with Crippen molar-refractivity contribution in [2.75, 3.05) is 13.1 Å². The summed E-state index contributed by atoms with van der Waals surface area (Å²) in [6, 6.07) is 9.69. The third-order valence-corrected chi connectivity index (χ3v) is 3.31. The first-order chi connectivity index (χ1) is 10.6. The second kappa shape index (κ2) is 7.53. The van der Waals surface area contributed by atoms with Gasteiger partial charge in [-0.15, -0.1) is 0 Å². The molecule has 0 aliphatic rings. The Kier molecular flexibility index (Phi) is 5.46. The minimum atomic E-state index is -0.128. The number of rotatable bonds is 7. The zero-order valence-electron chi connectivity index (χ0n) is 12.1. The van der Waals surface area contributed by atoms with E-state index in [4.69, 9.17) is 0 Å². The topological polar surface area (TPSA) is 105 Å². The molecule has 2 aromatic rings. The van der Waals surface area contributed by atoms with Crippen molar-refractivity contribution in [3.8, 4) is 23.0 Å². The van der Waals surface area contributed by atoms with Gasteiger partial charge >= 0.3 is 0 Å². The molecular formula is C16H20N2O4. The van der Waals surface area contributed by atoms with Crippen molar-refractivity contribution in [3.63, 3.8) is 0 Å². The van der Waals surface area contributed by atoms with E-state index in [1.165, 1.54) is 12.1 Å². The van der Waals surface area contributed by atoms with Crippen LogP contribution in [0.3, 0.4) is 0 Å². The molecule has 2 rings (SSSR count). The Labute approximate surface area is 128 Å². The summed E-state index contributed by atoms with van der Waals surface area (Å²) in [5.74, 6) is -0.464. The molecule has 0 saturated carbocycles. The normalized spacial score (nSPS) is 10.7. The summed E-state index contributed by atoms with van der Waals surface area (Å²) < 4.78 is 0. The van der Waals surface area contributed by atoms with Crippen LogP contribution >= 0.6 is 0 Å². The fraction of sp³-hybridized carbons (Fsp3) is 0.250. The third-order valence-electron chi connectivity index (χ3n) is 3.31. The van der Waals surface area contributed by atoms with Gasteiger partial charge in [-0.2, -0.15) is 0 Å². The van der Waals surface area contributed by atoms with E-state index < -0.39 is 0 Å². The zero-order chi connectivity index (χ0) is 15.9. The van der Waals surface area contributed by atoms with E-state index in [9.17, 15) is 20.4 Å². The monoisotopic (exact) mass is 304 g/mol. The molecule has 0 bridgehead atoms. The lowest BCUT2D eigenvalue weighted by Crippen LogP contribution is -2.26. The summed E-state index contributed by atoms with van der Waals surface area (Å²) >= 11 is 0. The van der Waals surface area contributed by atoms with Crippen LogP contribution in [0, 0.1) is 0 Å². The van der Waals surface area contributed by atoms with Gasteiger partial charge in [0.05, 0.1) is 0 Å². The molecule has 0 fully saturated rings. The van der Waals surface area contributed by atoms with Crippen LogP contribution in [0.4, 0.5) is 0 Å². The van der Waals surface area contributed by atoms with Gasteiger partial charge in [-0.1, -0.05) is 24.3 Å². The van der Waals surface area contributed by atoms with Crippen molar-refractivity contribution in [2.45, 2.75) is 13.1 Å². The molecule has 0 aromatic heterocycles. The van der Waals surface area contributed by atoms with E-state index in [-0.39, 0.29) is 23.0 Å². The first-order valence-electron chi connectivity index (χ1n) is 7.00. The Bertz CT molecular complexity index is 576. The number of benzene rings is 2. The average Bonchev–Trinajstić information content (AvgIpc) is 2.51. The van der Waals surface area contributed by atoms with E-state index >= 15 is 0 Å². The van der Waals surface area contributed by atoms with Crippen molar-refractivity contribution >= 4 is 0 Å². The SMILES string of the molecule is Oc1cccc(CNCCNCc2cccc(O)c2O)c1O. The predicted molar refractivity (Wildman–Crippen MR) is 83.0 cm³/mol. The van der Waals surface area contributed by atoms with Gasteiger partial charge < -0.3 is 31.1 Å². The van der Waals surface area contributed by atoms with E-state index in [2.05, 4.69) is 10.6 Å². The second-order valence-electron chi connectivity index (χ2n) is 4.92. The van der Waals surface area contributed by atoms with E-state index in [1.54, 1.807) is 24.3 Å². The number of phenols is 4. The Morgan fingerprint density at radius 2 is 1.05 bits per heavy atom. The number of nitrogens with one attached hydrogen (secondary N) is 2. The molecule has 22 heavy (non-hydrogen) atoms. The van der Waals surface area contributed by atoms with Crippen LogP contribution in [0.15, 0.2) is 36.4 Å². The molecule has 0 aliphatic heterocycles. The van der Waals surface area contributed by atoms with E-state index in [0.717, 1.165) is 0 Å². The summed E-state index contributed by atoms with van der Waals surface area (Å²) in [5.41, 5.74) is 1.26. The van der Waals surface area contributed by atoms with Gasteiger partial charge in [0, 0.05) is 37.3 Å². The molecule has 0 heterocycles. The van der Waals surface area contributed by atoms with Crippen molar-refractivity contribution in [1.29, 1.82) is 0 Å². The molecule has 0 radical (unpaired) electrons. The van der Waals surface area contributed by atoms with Gasteiger partial charge in [0.1, 0.15) is 0 Å². The molecule has 6 heteroatoms. The lowest BCUT2D eigenvalue weighted by Gasteiger charge is -2.10. The van der Waals surface area contributed by atoms with E-state index in [0.29, 0.717) is 37.3 Å². The van der Waals surface area contributed by atoms with Crippen molar-refractivity contribution in [1.82, 2.24) is 10.6 Å². The van der Waals surface area contributed by atoms with Crippen LogP contribution in [-0.4, -0.2) is 33.5 Å². The maximum Gasteiger partial charge on any atom is 0.161 e. The molecule has 2 aromatic carbocycles. The smallest absolute Gasteiger partial charge is 0.161 e. The average molecular weight is 304 g/mol. The highest BCUT2D eigenvalue weighted by Crippen LogP contribution is 2.28. The number of hydrogen-bond donors (Lipinski definition) is 6. The quantitative estimate of drug-likeness (QED) is 0.341. The molecule has 6 N–H and O–H groups in total. The number of phenolic OH excluding ortho intramolecular Hbond substituents is 4. The van der Waals surface area contributed by atoms with Crippen LogP contribution < -0.4 is 10.6 Å². The Hall–Kier alpha value is -2.44. The fourth-order valence-electron chi connectivity index (χ4n) is 2.06. The summed E-state index contributed by atoms with van der Waals surface area (Å²) in [6.07, 6.45) is 0. The largest absolute Gasteiger partial charge is 0.504 e. The van der Waals surface area contributed by atoms with Crippen LogP contribution in [0.1, 0.15) is 11.1 Å². The summed E-state index contributed by atoms with van der Waals surface area (Å²) in [5, 5.41) is 44.3. The lowest BCUT2D eigenvalue weighted by molar-refractivity contribution is 0.396. The molecule has 118 valence electrons. The second-order valence-corrected chi connectivity index (χ2v) is 4.92. The molecule has 6 nitrogen and oxygen atoms in total. The Balaban J connectivity index is 1.70. The van der Waals surface area contributed by atoms with Crippen LogP contribution in [0.2, 0.25) is 0 Å². The standard InChI is InChI=1S/C16H20N2O4/c19-13-5-1-3-11(15(13)21)9-17-7-8-18-10-12-4-2-6-14(20)16(12)22/h1-6,17-22H,7-10H2. The lowest BCUT2D eigenvalue weighted by atomic mass is 10.2. The highest BCUT2D eigenvalue weighted by Gasteiger charge is 2.06.